The van der Waals surface area contributed by atoms with Crippen molar-refractivity contribution >= 4 is 17.5 Å². The highest BCUT2D eigenvalue weighted by molar-refractivity contribution is 6.30. The van der Waals surface area contributed by atoms with Gasteiger partial charge < -0.3 is 14.8 Å². The SMILES string of the molecule is COc1ccccc1OCCC(=O)NC(c1ccccc1)c1ccc(Cl)cc1. The smallest absolute Gasteiger partial charge is 0.224 e. The third kappa shape index (κ3) is 5.27. The summed E-state index contributed by atoms with van der Waals surface area (Å²) in [6.07, 6.45) is 0.231. The second-order valence-electron chi connectivity index (χ2n) is 6.21. The van der Waals surface area contributed by atoms with E-state index < -0.39 is 0 Å². The molecule has 3 rings (SSSR count). The molecule has 1 N–H and O–H groups in total. The fourth-order valence-corrected chi connectivity index (χ4v) is 3.01. The molecular formula is C23H22ClNO3. The fraction of sp³-hybridized carbons (Fsp3) is 0.174. The van der Waals surface area contributed by atoms with E-state index in [4.69, 9.17) is 21.1 Å². The number of carbonyl (C=O) groups excluding carboxylic acids is 1. The van der Waals surface area contributed by atoms with Crippen LogP contribution in [0.25, 0.3) is 0 Å². The van der Waals surface area contributed by atoms with Crippen molar-refractivity contribution in [2.75, 3.05) is 13.7 Å². The van der Waals surface area contributed by atoms with Crippen molar-refractivity contribution in [2.24, 2.45) is 0 Å². The standard InChI is InChI=1S/C23H22ClNO3/c1-27-20-9-5-6-10-21(20)28-16-15-22(26)25-23(17-7-3-2-4-8-17)18-11-13-19(24)14-12-18/h2-14,23H,15-16H2,1H3,(H,25,26). The number of hydrogen-bond donors (Lipinski definition) is 1. The van der Waals surface area contributed by atoms with Crippen LogP contribution in [0.5, 0.6) is 11.5 Å². The van der Waals surface area contributed by atoms with Gasteiger partial charge in [0, 0.05) is 5.02 Å². The summed E-state index contributed by atoms with van der Waals surface area (Å²) in [5, 5.41) is 3.75. The number of rotatable bonds is 8. The van der Waals surface area contributed by atoms with Gasteiger partial charge in [0.15, 0.2) is 11.5 Å². The lowest BCUT2D eigenvalue weighted by Gasteiger charge is -2.20. The van der Waals surface area contributed by atoms with Gasteiger partial charge in [-0.2, -0.15) is 0 Å². The zero-order valence-corrected chi connectivity index (χ0v) is 16.4. The Labute approximate surface area is 170 Å². The molecule has 0 radical (unpaired) electrons. The summed E-state index contributed by atoms with van der Waals surface area (Å²) >= 11 is 6.01. The molecular weight excluding hydrogens is 374 g/mol. The molecule has 0 aliphatic heterocycles. The summed E-state index contributed by atoms with van der Waals surface area (Å²) in [4.78, 5) is 12.6. The maximum Gasteiger partial charge on any atom is 0.224 e. The van der Waals surface area contributed by atoms with Gasteiger partial charge >= 0.3 is 0 Å². The molecule has 0 heterocycles. The Morgan fingerprint density at radius 2 is 1.50 bits per heavy atom. The molecule has 0 bridgehead atoms. The Bertz CT molecular complexity index is 897. The molecule has 4 nitrogen and oxygen atoms in total. The minimum absolute atomic E-state index is 0.0984. The van der Waals surface area contributed by atoms with Gasteiger partial charge in [0.05, 0.1) is 26.2 Å². The highest BCUT2D eigenvalue weighted by atomic mass is 35.5. The lowest BCUT2D eigenvalue weighted by atomic mass is 9.98. The summed E-state index contributed by atoms with van der Waals surface area (Å²) < 4.78 is 11.0. The number of ether oxygens (including phenoxy) is 2. The number of para-hydroxylation sites is 2. The predicted octanol–water partition coefficient (Wildman–Crippen LogP) is 5.02. The number of carbonyl (C=O) groups is 1. The van der Waals surface area contributed by atoms with Gasteiger partial charge in [-0.25, -0.2) is 0 Å². The van der Waals surface area contributed by atoms with E-state index in [1.165, 1.54) is 0 Å². The van der Waals surface area contributed by atoms with Crippen LogP contribution in [0.4, 0.5) is 0 Å². The number of hydrogen-bond acceptors (Lipinski definition) is 3. The first-order valence-corrected chi connectivity index (χ1v) is 9.41. The highest BCUT2D eigenvalue weighted by Gasteiger charge is 2.17. The molecule has 0 spiro atoms. The predicted molar refractivity (Wildman–Crippen MR) is 111 cm³/mol. The Kier molecular flexibility index (Phi) is 6.93. The van der Waals surface area contributed by atoms with Gasteiger partial charge in [0.2, 0.25) is 5.91 Å². The average Bonchev–Trinajstić information content (AvgIpc) is 2.74. The third-order valence-corrected chi connectivity index (χ3v) is 4.55. The molecule has 0 fully saturated rings. The zero-order valence-electron chi connectivity index (χ0n) is 15.6. The first-order chi connectivity index (χ1) is 13.7. The van der Waals surface area contributed by atoms with Gasteiger partial charge in [0.25, 0.3) is 0 Å². The molecule has 144 valence electrons. The molecule has 0 saturated carbocycles. The molecule has 28 heavy (non-hydrogen) atoms. The molecule has 0 aliphatic rings. The number of amides is 1. The van der Waals surface area contributed by atoms with Crippen LogP contribution in [0.1, 0.15) is 23.6 Å². The van der Waals surface area contributed by atoms with Crippen molar-refractivity contribution in [1.82, 2.24) is 5.32 Å². The second-order valence-corrected chi connectivity index (χ2v) is 6.65. The zero-order chi connectivity index (χ0) is 19.8. The minimum Gasteiger partial charge on any atom is -0.493 e. The van der Waals surface area contributed by atoms with Crippen molar-refractivity contribution in [2.45, 2.75) is 12.5 Å². The van der Waals surface area contributed by atoms with Crippen molar-refractivity contribution in [3.05, 3.63) is 95.0 Å². The van der Waals surface area contributed by atoms with E-state index in [0.29, 0.717) is 16.5 Å². The van der Waals surface area contributed by atoms with Gasteiger partial charge in [-0.15, -0.1) is 0 Å². The molecule has 1 amide bonds. The summed E-state index contributed by atoms with van der Waals surface area (Å²) in [5.41, 5.74) is 1.97. The van der Waals surface area contributed by atoms with Crippen LogP contribution in [0.15, 0.2) is 78.9 Å². The Morgan fingerprint density at radius 3 is 2.18 bits per heavy atom. The van der Waals surface area contributed by atoms with E-state index in [2.05, 4.69) is 5.32 Å². The van der Waals surface area contributed by atoms with Crippen LogP contribution in [-0.4, -0.2) is 19.6 Å². The number of halogens is 1. The van der Waals surface area contributed by atoms with Crippen molar-refractivity contribution in [3.8, 4) is 11.5 Å². The number of nitrogens with one attached hydrogen (secondary N) is 1. The molecule has 5 heteroatoms. The fourth-order valence-electron chi connectivity index (χ4n) is 2.88. The van der Waals surface area contributed by atoms with Crippen LogP contribution in [0, 0.1) is 0 Å². The van der Waals surface area contributed by atoms with Crippen LogP contribution in [0.2, 0.25) is 5.02 Å². The van der Waals surface area contributed by atoms with Gasteiger partial charge in [0.1, 0.15) is 0 Å². The van der Waals surface area contributed by atoms with Gasteiger partial charge in [-0.1, -0.05) is 66.2 Å². The summed E-state index contributed by atoms with van der Waals surface area (Å²) in [5.74, 6) is 1.17. The number of methoxy groups -OCH3 is 1. The van der Waals surface area contributed by atoms with E-state index in [9.17, 15) is 4.79 Å². The van der Waals surface area contributed by atoms with E-state index in [1.54, 1.807) is 7.11 Å². The van der Waals surface area contributed by atoms with Gasteiger partial charge in [-0.3, -0.25) is 4.79 Å². The van der Waals surface area contributed by atoms with Crippen molar-refractivity contribution in [1.29, 1.82) is 0 Å². The lowest BCUT2D eigenvalue weighted by molar-refractivity contribution is -0.122. The van der Waals surface area contributed by atoms with E-state index in [0.717, 1.165) is 11.1 Å². The van der Waals surface area contributed by atoms with E-state index >= 15 is 0 Å². The molecule has 0 saturated heterocycles. The Morgan fingerprint density at radius 1 is 0.893 bits per heavy atom. The first-order valence-electron chi connectivity index (χ1n) is 9.03. The lowest BCUT2D eigenvalue weighted by Crippen LogP contribution is -2.30. The quantitative estimate of drug-likeness (QED) is 0.582. The topological polar surface area (TPSA) is 47.6 Å². The summed E-state index contributed by atoms with van der Waals surface area (Å²) in [6, 6.07) is 24.4. The van der Waals surface area contributed by atoms with Gasteiger partial charge in [-0.05, 0) is 35.4 Å². The van der Waals surface area contributed by atoms with E-state index in [1.807, 2.05) is 78.9 Å². The van der Waals surface area contributed by atoms with Crippen molar-refractivity contribution in [3.63, 3.8) is 0 Å². The third-order valence-electron chi connectivity index (χ3n) is 4.30. The maximum absolute atomic E-state index is 12.6. The molecule has 0 aromatic heterocycles. The van der Waals surface area contributed by atoms with E-state index in [-0.39, 0.29) is 25.0 Å². The van der Waals surface area contributed by atoms with Crippen LogP contribution in [0.3, 0.4) is 0 Å². The second kappa shape index (κ2) is 9.81. The normalized spacial score (nSPS) is 11.5. The monoisotopic (exact) mass is 395 g/mol. The molecule has 0 aliphatic carbocycles. The summed E-state index contributed by atoms with van der Waals surface area (Å²) in [7, 11) is 1.59. The van der Waals surface area contributed by atoms with Crippen LogP contribution >= 0.6 is 11.6 Å². The molecule has 3 aromatic carbocycles. The minimum atomic E-state index is -0.253. The summed E-state index contributed by atoms with van der Waals surface area (Å²) in [6.45, 7) is 0.258. The molecule has 3 aromatic rings. The van der Waals surface area contributed by atoms with Crippen LogP contribution in [-0.2, 0) is 4.79 Å². The largest absolute Gasteiger partial charge is 0.493 e. The Balaban J connectivity index is 1.65. The Hall–Kier alpha value is -2.98. The average molecular weight is 396 g/mol. The molecule has 1 atom stereocenters. The first kappa shape index (κ1) is 19.8. The van der Waals surface area contributed by atoms with Crippen molar-refractivity contribution < 1.29 is 14.3 Å². The maximum atomic E-state index is 12.6. The van der Waals surface area contributed by atoms with Crippen LogP contribution < -0.4 is 14.8 Å². The highest BCUT2D eigenvalue weighted by Crippen LogP contribution is 2.26. The molecule has 1 unspecified atom stereocenters. The number of benzene rings is 3.